The van der Waals surface area contributed by atoms with Gasteiger partial charge in [0.15, 0.2) is 11.5 Å². The van der Waals surface area contributed by atoms with Gasteiger partial charge in [-0.2, -0.15) is 0 Å². The lowest BCUT2D eigenvalue weighted by Crippen LogP contribution is -2.05. The van der Waals surface area contributed by atoms with Crippen molar-refractivity contribution in [2.24, 2.45) is 0 Å². The molecule has 0 aliphatic carbocycles. The maximum absolute atomic E-state index is 13.8. The zero-order valence-corrected chi connectivity index (χ0v) is 12.0. The second kappa shape index (κ2) is 6.04. The largest absolute Gasteiger partial charge is 0.490 e. The maximum Gasteiger partial charge on any atom is 0.166 e. The number of nitrogens with one attached hydrogen (secondary N) is 1. The predicted octanol–water partition coefficient (Wildman–Crippen LogP) is 3.91. The van der Waals surface area contributed by atoms with Gasteiger partial charge in [-0.3, -0.25) is 0 Å². The van der Waals surface area contributed by atoms with E-state index in [1.54, 1.807) is 12.1 Å². The molecule has 0 atom stereocenters. The number of rotatable bonds is 3. The van der Waals surface area contributed by atoms with Gasteiger partial charge in [0, 0.05) is 18.5 Å². The Balaban J connectivity index is 1.81. The fraction of sp³-hybridized carbons (Fsp3) is 0.294. The highest BCUT2D eigenvalue weighted by molar-refractivity contribution is 5.51. The first-order valence-corrected chi connectivity index (χ1v) is 7.11. The first-order valence-electron chi connectivity index (χ1n) is 7.11. The van der Waals surface area contributed by atoms with Crippen molar-refractivity contribution in [2.75, 3.05) is 18.5 Å². The summed E-state index contributed by atoms with van der Waals surface area (Å²) in [7, 11) is 0. The summed E-state index contributed by atoms with van der Waals surface area (Å²) in [5.41, 5.74) is 2.49. The molecule has 2 aromatic carbocycles. The first kappa shape index (κ1) is 13.7. The number of aryl methyl sites for hydroxylation is 1. The fourth-order valence-electron chi connectivity index (χ4n) is 2.36. The van der Waals surface area contributed by atoms with E-state index in [0.717, 1.165) is 29.0 Å². The molecule has 0 saturated heterocycles. The van der Waals surface area contributed by atoms with Crippen LogP contribution in [0.25, 0.3) is 0 Å². The number of halogens is 1. The number of benzene rings is 2. The van der Waals surface area contributed by atoms with Gasteiger partial charge in [-0.15, -0.1) is 0 Å². The van der Waals surface area contributed by atoms with Crippen LogP contribution in [0.15, 0.2) is 36.4 Å². The summed E-state index contributed by atoms with van der Waals surface area (Å²) >= 11 is 0. The molecule has 110 valence electrons. The second-order valence-corrected chi connectivity index (χ2v) is 5.13. The van der Waals surface area contributed by atoms with Crippen molar-refractivity contribution >= 4 is 5.69 Å². The smallest absolute Gasteiger partial charge is 0.166 e. The van der Waals surface area contributed by atoms with Crippen molar-refractivity contribution < 1.29 is 13.9 Å². The molecule has 0 amide bonds. The number of anilines is 1. The quantitative estimate of drug-likeness (QED) is 0.928. The van der Waals surface area contributed by atoms with Crippen molar-refractivity contribution in [3.8, 4) is 11.5 Å². The minimum Gasteiger partial charge on any atom is -0.490 e. The molecule has 0 unspecified atom stereocenters. The number of para-hydroxylation sites is 1. The number of fused-ring (bicyclic) bond motifs is 1. The van der Waals surface area contributed by atoms with Crippen molar-refractivity contribution in [3.63, 3.8) is 0 Å². The Labute approximate surface area is 123 Å². The van der Waals surface area contributed by atoms with Gasteiger partial charge in [0.1, 0.15) is 5.82 Å². The normalized spacial score (nSPS) is 13.6. The summed E-state index contributed by atoms with van der Waals surface area (Å²) in [6.45, 7) is 3.74. The monoisotopic (exact) mass is 287 g/mol. The van der Waals surface area contributed by atoms with Gasteiger partial charge in [0.25, 0.3) is 0 Å². The van der Waals surface area contributed by atoms with E-state index in [1.807, 2.05) is 25.1 Å². The number of ether oxygens (including phenoxy) is 2. The molecule has 2 aromatic rings. The summed E-state index contributed by atoms with van der Waals surface area (Å²) in [5.74, 6) is 1.27. The van der Waals surface area contributed by atoms with Gasteiger partial charge in [-0.25, -0.2) is 4.39 Å². The Kier molecular flexibility index (Phi) is 3.95. The van der Waals surface area contributed by atoms with Gasteiger partial charge in [-0.1, -0.05) is 18.2 Å². The molecule has 1 aliphatic heterocycles. The predicted molar refractivity (Wildman–Crippen MR) is 80.5 cm³/mol. The third-order valence-corrected chi connectivity index (χ3v) is 3.44. The Hall–Kier alpha value is -2.23. The Bertz CT molecular complexity index is 643. The van der Waals surface area contributed by atoms with E-state index in [1.165, 1.54) is 6.07 Å². The molecule has 21 heavy (non-hydrogen) atoms. The van der Waals surface area contributed by atoms with Gasteiger partial charge in [0.05, 0.1) is 18.9 Å². The van der Waals surface area contributed by atoms with E-state index in [0.29, 0.717) is 25.4 Å². The molecule has 0 spiro atoms. The topological polar surface area (TPSA) is 30.5 Å². The maximum atomic E-state index is 13.8. The summed E-state index contributed by atoms with van der Waals surface area (Å²) in [4.78, 5) is 0. The average Bonchev–Trinajstić information content (AvgIpc) is 2.74. The molecule has 0 aromatic heterocycles. The van der Waals surface area contributed by atoms with E-state index >= 15 is 0 Å². The van der Waals surface area contributed by atoms with Crippen LogP contribution in [-0.4, -0.2) is 13.2 Å². The Morgan fingerprint density at radius 1 is 1.14 bits per heavy atom. The van der Waals surface area contributed by atoms with Gasteiger partial charge < -0.3 is 14.8 Å². The molecule has 1 N–H and O–H groups in total. The van der Waals surface area contributed by atoms with Crippen molar-refractivity contribution in [1.82, 2.24) is 0 Å². The molecular formula is C17H18FNO2. The lowest BCUT2D eigenvalue weighted by molar-refractivity contribution is 0.296. The van der Waals surface area contributed by atoms with Crippen molar-refractivity contribution in [3.05, 3.63) is 53.3 Å². The highest BCUT2D eigenvalue weighted by Gasteiger charge is 2.14. The van der Waals surface area contributed by atoms with Crippen LogP contribution in [0.4, 0.5) is 10.1 Å². The van der Waals surface area contributed by atoms with E-state index in [9.17, 15) is 4.39 Å². The van der Waals surface area contributed by atoms with Crippen LogP contribution in [0.1, 0.15) is 17.5 Å². The third kappa shape index (κ3) is 3.10. The zero-order valence-electron chi connectivity index (χ0n) is 12.0. The van der Waals surface area contributed by atoms with Crippen LogP contribution in [0.3, 0.4) is 0 Å². The van der Waals surface area contributed by atoms with E-state index in [-0.39, 0.29) is 5.82 Å². The highest BCUT2D eigenvalue weighted by Crippen LogP contribution is 2.33. The van der Waals surface area contributed by atoms with Crippen molar-refractivity contribution in [1.29, 1.82) is 0 Å². The SMILES string of the molecule is Cc1ccc(F)c(NCc2cccc3c2OCCCO3)c1. The number of hydrogen-bond donors (Lipinski definition) is 1. The van der Waals surface area contributed by atoms with Crippen molar-refractivity contribution in [2.45, 2.75) is 19.9 Å². The minimum absolute atomic E-state index is 0.250. The molecule has 0 saturated carbocycles. The molecule has 0 fully saturated rings. The molecule has 1 heterocycles. The Morgan fingerprint density at radius 2 is 2.00 bits per heavy atom. The van der Waals surface area contributed by atoms with Gasteiger partial charge in [-0.05, 0) is 30.7 Å². The summed E-state index contributed by atoms with van der Waals surface area (Å²) in [6.07, 6.45) is 0.869. The molecular weight excluding hydrogens is 269 g/mol. The summed E-state index contributed by atoms with van der Waals surface area (Å²) in [6, 6.07) is 10.8. The highest BCUT2D eigenvalue weighted by atomic mass is 19.1. The molecule has 0 radical (unpaired) electrons. The van der Waals surface area contributed by atoms with E-state index in [4.69, 9.17) is 9.47 Å². The molecule has 3 nitrogen and oxygen atoms in total. The first-order chi connectivity index (χ1) is 10.2. The lowest BCUT2D eigenvalue weighted by Gasteiger charge is -2.14. The molecule has 1 aliphatic rings. The standard InChI is InChI=1S/C17H18FNO2/c1-12-6-7-14(18)15(10-12)19-11-13-4-2-5-16-17(13)21-9-3-8-20-16/h2,4-7,10,19H,3,8-9,11H2,1H3. The average molecular weight is 287 g/mol. The molecule has 3 rings (SSSR count). The van der Waals surface area contributed by atoms with Crippen LogP contribution in [0.5, 0.6) is 11.5 Å². The van der Waals surface area contributed by atoms with Crippen LogP contribution >= 0.6 is 0 Å². The van der Waals surface area contributed by atoms with Crippen LogP contribution < -0.4 is 14.8 Å². The zero-order chi connectivity index (χ0) is 14.7. The minimum atomic E-state index is -0.250. The van der Waals surface area contributed by atoms with Crippen LogP contribution in [-0.2, 0) is 6.54 Å². The summed E-state index contributed by atoms with van der Waals surface area (Å²) in [5, 5.41) is 3.13. The summed E-state index contributed by atoms with van der Waals surface area (Å²) < 4.78 is 25.2. The molecule has 0 bridgehead atoms. The van der Waals surface area contributed by atoms with E-state index in [2.05, 4.69) is 5.32 Å². The number of hydrogen-bond acceptors (Lipinski definition) is 3. The van der Waals surface area contributed by atoms with Gasteiger partial charge >= 0.3 is 0 Å². The lowest BCUT2D eigenvalue weighted by atomic mass is 10.1. The van der Waals surface area contributed by atoms with Gasteiger partial charge in [0.2, 0.25) is 0 Å². The van der Waals surface area contributed by atoms with Crippen LogP contribution in [0, 0.1) is 12.7 Å². The van der Waals surface area contributed by atoms with E-state index < -0.39 is 0 Å². The molecule has 4 heteroatoms. The fourth-order valence-corrected chi connectivity index (χ4v) is 2.36. The Morgan fingerprint density at radius 3 is 2.90 bits per heavy atom. The van der Waals surface area contributed by atoms with Crippen LogP contribution in [0.2, 0.25) is 0 Å². The second-order valence-electron chi connectivity index (χ2n) is 5.13. The third-order valence-electron chi connectivity index (χ3n) is 3.44.